The van der Waals surface area contributed by atoms with Gasteiger partial charge in [-0.1, -0.05) is 47.1 Å². The van der Waals surface area contributed by atoms with Crippen molar-refractivity contribution in [2.45, 2.75) is 26.4 Å². The maximum Gasteiger partial charge on any atom is 0.364 e. The van der Waals surface area contributed by atoms with Crippen molar-refractivity contribution in [2.24, 2.45) is 0 Å². The van der Waals surface area contributed by atoms with Crippen LogP contribution in [-0.2, 0) is 17.8 Å². The molecule has 0 atom stereocenters. The van der Waals surface area contributed by atoms with Gasteiger partial charge in [0.1, 0.15) is 17.2 Å². The molecule has 44 heavy (non-hydrogen) atoms. The third kappa shape index (κ3) is 8.72. The Morgan fingerprint density at radius 3 is 2.27 bits per heavy atom. The minimum atomic E-state index is -0.596. The molecule has 1 aliphatic heterocycles. The predicted octanol–water partition coefficient (Wildman–Crippen LogP) is 5.54. The number of carbonyl (C=O) groups excluding carboxylic acids is 1. The number of aromatic nitrogens is 3. The molecule has 0 aliphatic carbocycles. The second-order valence-corrected chi connectivity index (χ2v) is 10.9. The van der Waals surface area contributed by atoms with Gasteiger partial charge in [-0.3, -0.25) is 4.90 Å². The number of esters is 1. The zero-order chi connectivity index (χ0) is 30.7. The fraction of sp³-hybridized carbons (Fsp3) is 0.364. The molecule has 3 aromatic carbocycles. The monoisotopic (exact) mass is 619 g/mol. The van der Waals surface area contributed by atoms with Crippen LogP contribution in [0.5, 0.6) is 23.1 Å². The predicted molar refractivity (Wildman–Crippen MR) is 168 cm³/mol. The molecule has 4 aromatic rings. The highest BCUT2D eigenvalue weighted by Gasteiger charge is 2.24. The van der Waals surface area contributed by atoms with E-state index in [1.807, 2.05) is 48.5 Å². The average Bonchev–Trinajstić information content (AvgIpc) is 3.43. The second-order valence-electron chi connectivity index (χ2n) is 10.5. The van der Waals surface area contributed by atoms with E-state index in [0.29, 0.717) is 24.7 Å². The third-order valence-corrected chi connectivity index (χ3v) is 7.59. The molecular formula is C33H38ClN5O5. The lowest BCUT2D eigenvalue weighted by atomic mass is 10.2. The van der Waals surface area contributed by atoms with Gasteiger partial charge >= 0.3 is 5.97 Å². The summed E-state index contributed by atoms with van der Waals surface area (Å²) < 4.78 is 24.2. The molecular weight excluding hydrogens is 582 g/mol. The Balaban J connectivity index is 1.13. The Morgan fingerprint density at radius 2 is 1.55 bits per heavy atom. The van der Waals surface area contributed by atoms with Gasteiger partial charge in [-0.25, -0.2) is 9.48 Å². The van der Waals surface area contributed by atoms with Crippen LogP contribution in [0.2, 0.25) is 5.02 Å². The summed E-state index contributed by atoms with van der Waals surface area (Å²) in [4.78, 5) is 17.6. The number of methoxy groups -OCH3 is 1. The van der Waals surface area contributed by atoms with Gasteiger partial charge in [0.2, 0.25) is 5.69 Å². The SMILES string of the molecule is CCOC(=O)c1nnn(Cc2ccc(OC)cc2)c1Oc1cccc(OCCCN2CCN(Cc3ccc(Cl)cc3)CC2)c1. The number of carbonyl (C=O) groups is 1. The van der Waals surface area contributed by atoms with E-state index in [1.54, 1.807) is 26.2 Å². The maximum absolute atomic E-state index is 12.6. The van der Waals surface area contributed by atoms with Crippen LogP contribution in [0.15, 0.2) is 72.8 Å². The van der Waals surface area contributed by atoms with E-state index in [-0.39, 0.29) is 18.2 Å². The van der Waals surface area contributed by atoms with Gasteiger partial charge in [-0.2, -0.15) is 0 Å². The largest absolute Gasteiger partial charge is 0.497 e. The molecule has 0 N–H and O–H groups in total. The summed E-state index contributed by atoms with van der Waals surface area (Å²) in [5.74, 6) is 1.54. The molecule has 5 rings (SSSR count). The molecule has 1 aliphatic rings. The Kier molecular flexibility index (Phi) is 11.1. The molecule has 0 bridgehead atoms. The van der Waals surface area contributed by atoms with Gasteiger partial charge in [-0.15, -0.1) is 5.10 Å². The van der Waals surface area contributed by atoms with Gasteiger partial charge in [-0.05, 0) is 60.9 Å². The number of halogens is 1. The molecule has 0 unspecified atom stereocenters. The van der Waals surface area contributed by atoms with E-state index >= 15 is 0 Å². The fourth-order valence-corrected chi connectivity index (χ4v) is 5.10. The maximum atomic E-state index is 12.6. The zero-order valence-corrected chi connectivity index (χ0v) is 25.9. The van der Waals surface area contributed by atoms with Crippen LogP contribution in [0, 0.1) is 0 Å². The first-order valence-electron chi connectivity index (χ1n) is 14.8. The van der Waals surface area contributed by atoms with Crippen LogP contribution in [0.25, 0.3) is 0 Å². The molecule has 232 valence electrons. The summed E-state index contributed by atoms with van der Waals surface area (Å²) in [6, 6.07) is 23.0. The summed E-state index contributed by atoms with van der Waals surface area (Å²) in [5, 5.41) is 9.01. The van der Waals surface area contributed by atoms with Crippen molar-refractivity contribution in [1.82, 2.24) is 24.8 Å². The first kappa shape index (κ1) is 31.3. The number of benzene rings is 3. The van der Waals surface area contributed by atoms with Crippen molar-refractivity contribution in [1.29, 1.82) is 0 Å². The van der Waals surface area contributed by atoms with Crippen molar-refractivity contribution in [2.75, 3.05) is 53.0 Å². The van der Waals surface area contributed by atoms with E-state index in [4.69, 9.17) is 30.5 Å². The van der Waals surface area contributed by atoms with Crippen molar-refractivity contribution in [3.8, 4) is 23.1 Å². The van der Waals surface area contributed by atoms with Crippen molar-refractivity contribution in [3.05, 3.63) is 94.6 Å². The van der Waals surface area contributed by atoms with Crippen LogP contribution < -0.4 is 14.2 Å². The van der Waals surface area contributed by atoms with E-state index in [1.165, 1.54) is 10.2 Å². The molecule has 1 aromatic heterocycles. The van der Waals surface area contributed by atoms with Crippen LogP contribution >= 0.6 is 11.6 Å². The summed E-state index contributed by atoms with van der Waals surface area (Å²) in [7, 11) is 1.62. The highest BCUT2D eigenvalue weighted by molar-refractivity contribution is 6.30. The second kappa shape index (κ2) is 15.6. The van der Waals surface area contributed by atoms with Crippen molar-refractivity contribution in [3.63, 3.8) is 0 Å². The van der Waals surface area contributed by atoms with Crippen molar-refractivity contribution < 1.29 is 23.7 Å². The van der Waals surface area contributed by atoms with Crippen LogP contribution in [0.4, 0.5) is 0 Å². The standard InChI is InChI=1S/C33H38ClN5O5/c1-3-42-33(40)31-32(39(36-35-31)24-26-10-14-28(41-2)15-11-26)44-30-7-4-6-29(22-30)43-21-5-16-37-17-19-38(20-18-37)23-25-8-12-27(34)13-9-25/h4,6-15,22H,3,5,16-21,23-24H2,1-2H3. The molecule has 0 amide bonds. The van der Waals surface area contributed by atoms with E-state index in [0.717, 1.165) is 62.0 Å². The normalized spacial score (nSPS) is 13.9. The highest BCUT2D eigenvalue weighted by atomic mass is 35.5. The van der Waals surface area contributed by atoms with E-state index < -0.39 is 5.97 Å². The van der Waals surface area contributed by atoms with Crippen LogP contribution in [0.3, 0.4) is 0 Å². The van der Waals surface area contributed by atoms with Gasteiger partial charge in [0, 0.05) is 50.4 Å². The van der Waals surface area contributed by atoms with Crippen molar-refractivity contribution >= 4 is 17.6 Å². The Morgan fingerprint density at radius 1 is 0.864 bits per heavy atom. The van der Waals surface area contributed by atoms with Gasteiger partial charge in [0.15, 0.2) is 0 Å². The van der Waals surface area contributed by atoms with Crippen LogP contribution in [-0.4, -0.2) is 83.8 Å². The molecule has 11 heteroatoms. The van der Waals surface area contributed by atoms with Gasteiger partial charge < -0.3 is 23.8 Å². The quantitative estimate of drug-likeness (QED) is 0.133. The molecule has 10 nitrogen and oxygen atoms in total. The number of ether oxygens (including phenoxy) is 4. The van der Waals surface area contributed by atoms with Gasteiger partial charge in [0.25, 0.3) is 5.88 Å². The molecule has 0 radical (unpaired) electrons. The lowest BCUT2D eigenvalue weighted by molar-refractivity contribution is 0.0516. The third-order valence-electron chi connectivity index (χ3n) is 7.34. The molecule has 0 saturated carbocycles. The fourth-order valence-electron chi connectivity index (χ4n) is 4.98. The summed E-state index contributed by atoms with van der Waals surface area (Å²) in [6.07, 6.45) is 0.911. The lowest BCUT2D eigenvalue weighted by Crippen LogP contribution is -2.46. The molecule has 0 spiro atoms. The van der Waals surface area contributed by atoms with E-state index in [2.05, 4.69) is 32.2 Å². The van der Waals surface area contributed by atoms with Gasteiger partial charge in [0.05, 0.1) is 26.9 Å². The summed E-state index contributed by atoms with van der Waals surface area (Å²) in [5.41, 5.74) is 2.24. The Hall–Kier alpha value is -4.12. The molecule has 2 heterocycles. The number of piperazine rings is 1. The van der Waals surface area contributed by atoms with E-state index in [9.17, 15) is 4.79 Å². The number of hydrogen-bond donors (Lipinski definition) is 0. The molecule has 1 fully saturated rings. The Bertz CT molecular complexity index is 1490. The summed E-state index contributed by atoms with van der Waals surface area (Å²) >= 11 is 6.01. The lowest BCUT2D eigenvalue weighted by Gasteiger charge is -2.34. The summed E-state index contributed by atoms with van der Waals surface area (Å²) in [6.45, 7) is 8.97. The Labute approximate surface area is 263 Å². The first-order chi connectivity index (χ1) is 21.5. The number of hydrogen-bond acceptors (Lipinski definition) is 9. The number of rotatable bonds is 14. The topological polar surface area (TPSA) is 91.2 Å². The highest BCUT2D eigenvalue weighted by Crippen LogP contribution is 2.28. The first-order valence-corrected chi connectivity index (χ1v) is 15.2. The minimum absolute atomic E-state index is 0.0138. The average molecular weight is 620 g/mol. The number of nitrogens with zero attached hydrogens (tertiary/aromatic N) is 5. The van der Waals surface area contributed by atoms with Crippen LogP contribution in [0.1, 0.15) is 35.0 Å². The molecule has 1 saturated heterocycles. The smallest absolute Gasteiger partial charge is 0.364 e. The zero-order valence-electron chi connectivity index (χ0n) is 25.2. The minimum Gasteiger partial charge on any atom is -0.497 e.